The van der Waals surface area contributed by atoms with Crippen LogP contribution >= 0.6 is 0 Å². The lowest BCUT2D eigenvalue weighted by molar-refractivity contribution is 0.0942. The van der Waals surface area contributed by atoms with E-state index in [1.807, 2.05) is 5.43 Å². The van der Waals surface area contributed by atoms with Crippen molar-refractivity contribution < 1.29 is 27.1 Å². The summed E-state index contributed by atoms with van der Waals surface area (Å²) < 4.78 is 49.5. The summed E-state index contributed by atoms with van der Waals surface area (Å²) in [6.07, 6.45) is 0. The second-order valence-electron chi connectivity index (χ2n) is 4.15. The third-order valence-electron chi connectivity index (χ3n) is 2.65. The van der Waals surface area contributed by atoms with Crippen molar-refractivity contribution in [3.05, 3.63) is 59.7 Å². The van der Waals surface area contributed by atoms with Crippen LogP contribution in [-0.2, 0) is 10.0 Å². The molecule has 6 nitrogen and oxygen atoms in total. The van der Waals surface area contributed by atoms with Gasteiger partial charge in [0, 0.05) is 0 Å². The lowest BCUT2D eigenvalue weighted by Gasteiger charge is -2.09. The number of phenolic OH excluding ortho intramolecular Hbond substituents is 1. The Morgan fingerprint density at radius 1 is 1.05 bits per heavy atom. The van der Waals surface area contributed by atoms with E-state index in [1.165, 1.54) is 24.3 Å². The zero-order chi connectivity index (χ0) is 16.3. The second-order valence-corrected chi connectivity index (χ2v) is 5.84. The summed E-state index contributed by atoms with van der Waals surface area (Å²) in [5.74, 6) is -3.79. The summed E-state index contributed by atoms with van der Waals surface area (Å²) >= 11 is 0. The maximum Gasteiger partial charge on any atom is 0.269 e. The first kappa shape index (κ1) is 15.9. The molecule has 0 saturated carbocycles. The fourth-order valence-corrected chi connectivity index (χ4v) is 2.40. The molecule has 116 valence electrons. The zero-order valence-corrected chi connectivity index (χ0v) is 11.7. The van der Waals surface area contributed by atoms with E-state index in [2.05, 4.69) is 0 Å². The first-order valence-electron chi connectivity index (χ1n) is 5.86. The van der Waals surface area contributed by atoms with Crippen molar-refractivity contribution in [1.29, 1.82) is 0 Å². The minimum atomic E-state index is -4.29. The maximum absolute atomic E-state index is 13.0. The minimum Gasteiger partial charge on any atom is -0.507 e. The molecule has 2 aromatic rings. The Balaban J connectivity index is 2.14. The molecule has 2 aromatic carbocycles. The number of rotatable bonds is 4. The lowest BCUT2D eigenvalue weighted by atomic mass is 10.2. The molecule has 9 heteroatoms. The number of amides is 1. The molecule has 1 amide bonds. The van der Waals surface area contributed by atoms with E-state index in [1.54, 1.807) is 4.83 Å². The number of carbonyl (C=O) groups is 1. The SMILES string of the molecule is O=C(NNS(=O)(=O)c1ccc(F)c(F)c1)c1ccccc1O. The molecular weight excluding hydrogens is 318 g/mol. The molecule has 3 N–H and O–H groups in total. The molecule has 0 spiro atoms. The van der Waals surface area contributed by atoms with E-state index in [0.29, 0.717) is 12.1 Å². The molecule has 0 aromatic heterocycles. The Morgan fingerprint density at radius 2 is 1.73 bits per heavy atom. The highest BCUT2D eigenvalue weighted by atomic mass is 32.2. The lowest BCUT2D eigenvalue weighted by Crippen LogP contribution is -2.41. The summed E-state index contributed by atoms with van der Waals surface area (Å²) in [5.41, 5.74) is 1.70. The Labute approximate surface area is 124 Å². The van der Waals surface area contributed by atoms with Gasteiger partial charge in [-0.2, -0.15) is 0 Å². The third-order valence-corrected chi connectivity index (χ3v) is 3.89. The number of halogens is 2. The summed E-state index contributed by atoms with van der Waals surface area (Å²) in [6.45, 7) is 0. The molecule has 0 radical (unpaired) electrons. The van der Waals surface area contributed by atoms with Gasteiger partial charge in [-0.1, -0.05) is 12.1 Å². The molecule has 0 aliphatic carbocycles. The molecule has 0 atom stereocenters. The van der Waals surface area contributed by atoms with Crippen LogP contribution in [0.4, 0.5) is 8.78 Å². The average Bonchev–Trinajstić information content (AvgIpc) is 2.48. The third kappa shape index (κ3) is 3.38. The summed E-state index contributed by atoms with van der Waals surface area (Å²) in [7, 11) is -4.29. The van der Waals surface area contributed by atoms with Gasteiger partial charge in [-0.05, 0) is 30.3 Å². The van der Waals surface area contributed by atoms with Crippen LogP contribution in [0.2, 0.25) is 0 Å². The normalized spacial score (nSPS) is 11.2. The number of benzene rings is 2. The predicted molar refractivity (Wildman–Crippen MR) is 72.3 cm³/mol. The van der Waals surface area contributed by atoms with Gasteiger partial charge in [-0.15, -0.1) is 4.83 Å². The van der Waals surface area contributed by atoms with Crippen LogP contribution in [0, 0.1) is 11.6 Å². The smallest absolute Gasteiger partial charge is 0.269 e. The molecule has 0 bridgehead atoms. The highest BCUT2D eigenvalue weighted by molar-refractivity contribution is 7.89. The first-order valence-corrected chi connectivity index (χ1v) is 7.35. The van der Waals surface area contributed by atoms with Crippen LogP contribution in [0.1, 0.15) is 10.4 Å². The monoisotopic (exact) mass is 328 g/mol. The Kier molecular flexibility index (Phi) is 4.38. The number of hydrogen-bond donors (Lipinski definition) is 3. The molecule has 2 rings (SSSR count). The van der Waals surface area contributed by atoms with Gasteiger partial charge in [0.1, 0.15) is 5.75 Å². The van der Waals surface area contributed by atoms with E-state index in [9.17, 15) is 27.1 Å². The first-order chi connectivity index (χ1) is 10.3. The van der Waals surface area contributed by atoms with E-state index in [-0.39, 0.29) is 11.3 Å². The highest BCUT2D eigenvalue weighted by Crippen LogP contribution is 2.16. The molecular formula is C13H10F2N2O4S. The van der Waals surface area contributed by atoms with Gasteiger partial charge >= 0.3 is 0 Å². The standard InChI is InChI=1S/C13H10F2N2O4S/c14-10-6-5-8(7-11(10)15)22(20,21)17-16-13(19)9-3-1-2-4-12(9)18/h1-7,17-18H,(H,16,19). The summed E-state index contributed by atoms with van der Waals surface area (Å²) in [5, 5.41) is 9.47. The predicted octanol–water partition coefficient (Wildman–Crippen LogP) is 1.29. The fourth-order valence-electron chi connectivity index (χ4n) is 1.55. The van der Waals surface area contributed by atoms with Crippen molar-refractivity contribution in [2.45, 2.75) is 4.90 Å². The number of phenols is 1. The van der Waals surface area contributed by atoms with Crippen LogP contribution in [0.3, 0.4) is 0 Å². The van der Waals surface area contributed by atoms with Crippen LogP contribution < -0.4 is 10.3 Å². The van der Waals surface area contributed by atoms with Crippen LogP contribution in [0.15, 0.2) is 47.4 Å². The second kappa shape index (κ2) is 6.08. The van der Waals surface area contributed by atoms with E-state index in [0.717, 1.165) is 6.07 Å². The molecule has 0 fully saturated rings. The van der Waals surface area contributed by atoms with Gasteiger partial charge in [-0.3, -0.25) is 10.2 Å². The quantitative estimate of drug-likeness (QED) is 0.737. The number of aromatic hydroxyl groups is 1. The van der Waals surface area contributed by atoms with Crippen molar-refractivity contribution in [2.75, 3.05) is 0 Å². The van der Waals surface area contributed by atoms with E-state index >= 15 is 0 Å². The number of hydrazine groups is 1. The van der Waals surface area contributed by atoms with Crippen LogP contribution in [0.5, 0.6) is 5.75 Å². The molecule has 0 heterocycles. The number of hydrogen-bond acceptors (Lipinski definition) is 4. The average molecular weight is 328 g/mol. The molecule has 22 heavy (non-hydrogen) atoms. The number of para-hydroxylation sites is 1. The van der Waals surface area contributed by atoms with Gasteiger partial charge < -0.3 is 5.11 Å². The van der Waals surface area contributed by atoms with Gasteiger partial charge in [0.2, 0.25) is 0 Å². The fraction of sp³-hybridized carbons (Fsp3) is 0. The van der Waals surface area contributed by atoms with Crippen molar-refractivity contribution in [3.8, 4) is 5.75 Å². The number of nitrogens with one attached hydrogen (secondary N) is 2. The topological polar surface area (TPSA) is 95.5 Å². The minimum absolute atomic E-state index is 0.157. The zero-order valence-electron chi connectivity index (χ0n) is 10.9. The van der Waals surface area contributed by atoms with E-state index < -0.39 is 32.5 Å². The molecule has 0 aliphatic rings. The van der Waals surface area contributed by atoms with Crippen LogP contribution in [-0.4, -0.2) is 19.4 Å². The van der Waals surface area contributed by atoms with E-state index in [4.69, 9.17) is 0 Å². The number of sulfonamides is 1. The summed E-state index contributed by atoms with van der Waals surface area (Å²) in [6, 6.07) is 7.44. The van der Waals surface area contributed by atoms with Crippen molar-refractivity contribution >= 4 is 15.9 Å². The highest BCUT2D eigenvalue weighted by Gasteiger charge is 2.18. The van der Waals surface area contributed by atoms with Crippen molar-refractivity contribution in [2.24, 2.45) is 0 Å². The Morgan fingerprint density at radius 3 is 2.36 bits per heavy atom. The number of carbonyl (C=O) groups excluding carboxylic acids is 1. The van der Waals surface area contributed by atoms with Crippen molar-refractivity contribution in [1.82, 2.24) is 10.3 Å². The van der Waals surface area contributed by atoms with Crippen LogP contribution in [0.25, 0.3) is 0 Å². The Bertz CT molecular complexity index is 825. The van der Waals surface area contributed by atoms with Gasteiger partial charge in [0.25, 0.3) is 15.9 Å². The Hall–Kier alpha value is -2.52. The molecule has 0 unspecified atom stereocenters. The summed E-state index contributed by atoms with van der Waals surface area (Å²) in [4.78, 5) is 12.9. The van der Waals surface area contributed by atoms with Crippen molar-refractivity contribution in [3.63, 3.8) is 0 Å². The largest absolute Gasteiger partial charge is 0.507 e. The van der Waals surface area contributed by atoms with Gasteiger partial charge in [0.05, 0.1) is 10.5 Å². The maximum atomic E-state index is 13.0. The molecule has 0 saturated heterocycles. The molecule has 0 aliphatic heterocycles. The van der Waals surface area contributed by atoms with Gasteiger partial charge in [-0.25, -0.2) is 17.2 Å². The van der Waals surface area contributed by atoms with Gasteiger partial charge in [0.15, 0.2) is 11.6 Å².